The van der Waals surface area contributed by atoms with Gasteiger partial charge in [-0.1, -0.05) is 30.3 Å². The molecular weight excluding hydrogens is 356 g/mol. The molecule has 8 nitrogen and oxygen atoms in total. The molecule has 3 N–H and O–H groups in total. The molecule has 0 saturated carbocycles. The second-order valence-corrected chi connectivity index (χ2v) is 7.69. The number of hydrogen-bond donors (Lipinski definition) is 3. The molecule has 2 saturated heterocycles. The molecule has 0 aliphatic carbocycles. The molecule has 144 valence electrons. The average Bonchev–Trinajstić information content (AvgIpc) is 2.89. The lowest BCUT2D eigenvalue weighted by Gasteiger charge is -2.34. The summed E-state index contributed by atoms with van der Waals surface area (Å²) in [4.78, 5) is 16.6. The van der Waals surface area contributed by atoms with E-state index in [0.717, 1.165) is 38.3 Å². The van der Waals surface area contributed by atoms with E-state index in [1.807, 2.05) is 35.2 Å². The number of carboxylic acid groups (broad SMARTS) is 1. The van der Waals surface area contributed by atoms with Gasteiger partial charge in [0, 0.05) is 45.8 Å². The van der Waals surface area contributed by atoms with Gasteiger partial charge < -0.3 is 15.3 Å². The van der Waals surface area contributed by atoms with Crippen molar-refractivity contribution >= 4 is 17.9 Å². The molecule has 26 heavy (non-hydrogen) atoms. The van der Waals surface area contributed by atoms with Crippen molar-refractivity contribution in [2.45, 2.75) is 18.5 Å². The first kappa shape index (κ1) is 19.6. The van der Waals surface area contributed by atoms with E-state index in [9.17, 15) is 15.0 Å². The summed E-state index contributed by atoms with van der Waals surface area (Å²) in [6, 6.07) is 9.78. The van der Waals surface area contributed by atoms with Crippen LogP contribution in [0.15, 0.2) is 30.3 Å². The predicted octanol–water partition coefficient (Wildman–Crippen LogP) is -0.294. The van der Waals surface area contributed by atoms with Gasteiger partial charge in [-0.15, -0.1) is 0 Å². The van der Waals surface area contributed by atoms with Gasteiger partial charge in [-0.25, -0.2) is 9.21 Å². The largest absolute Gasteiger partial charge is 0.480 e. The second kappa shape index (κ2) is 9.14. The number of aliphatic hydroxyl groups is 2. The van der Waals surface area contributed by atoms with Crippen LogP contribution < -0.4 is 0 Å². The highest BCUT2D eigenvalue weighted by Crippen LogP contribution is 2.32. The monoisotopic (exact) mass is 382 g/mol. The van der Waals surface area contributed by atoms with Crippen LogP contribution in [0.4, 0.5) is 0 Å². The topological polar surface area (TPSA) is 90.7 Å². The van der Waals surface area contributed by atoms with Crippen molar-refractivity contribution in [3.8, 4) is 0 Å². The molecule has 2 atom stereocenters. The van der Waals surface area contributed by atoms with Crippen LogP contribution in [0.3, 0.4) is 0 Å². The van der Waals surface area contributed by atoms with Crippen LogP contribution in [0, 0.1) is 0 Å². The van der Waals surface area contributed by atoms with Crippen molar-refractivity contribution < 1.29 is 20.1 Å². The molecule has 0 aromatic heterocycles. The number of benzene rings is 1. The van der Waals surface area contributed by atoms with Gasteiger partial charge in [0.2, 0.25) is 0 Å². The molecule has 9 heteroatoms. The maximum atomic E-state index is 10.8. The van der Waals surface area contributed by atoms with Crippen LogP contribution >= 0.6 is 11.9 Å². The minimum absolute atomic E-state index is 0.0924. The van der Waals surface area contributed by atoms with Gasteiger partial charge in [0.25, 0.3) is 0 Å². The zero-order valence-corrected chi connectivity index (χ0v) is 15.5. The van der Waals surface area contributed by atoms with Crippen molar-refractivity contribution in [1.82, 2.24) is 19.0 Å². The Balaban J connectivity index is 1.44. The van der Waals surface area contributed by atoms with E-state index in [-0.39, 0.29) is 6.54 Å². The summed E-state index contributed by atoms with van der Waals surface area (Å²) >= 11 is 1.25. The molecular formula is C17H26N4O4S. The van der Waals surface area contributed by atoms with Gasteiger partial charge in [-0.2, -0.15) is 0 Å². The predicted molar refractivity (Wildman–Crippen MR) is 98.8 cm³/mol. The molecule has 2 heterocycles. The Bertz CT molecular complexity index is 585. The lowest BCUT2D eigenvalue weighted by atomic mass is 10.2. The third-order valence-electron chi connectivity index (χ3n) is 4.74. The van der Waals surface area contributed by atoms with Crippen molar-refractivity contribution in [1.29, 1.82) is 0 Å². The van der Waals surface area contributed by atoms with E-state index in [4.69, 9.17) is 5.11 Å². The van der Waals surface area contributed by atoms with E-state index in [0.29, 0.717) is 13.1 Å². The van der Waals surface area contributed by atoms with Gasteiger partial charge in [0.1, 0.15) is 0 Å². The molecule has 1 aromatic rings. The number of rotatable bonds is 7. The second-order valence-electron chi connectivity index (χ2n) is 6.59. The number of piperazine rings is 1. The first-order chi connectivity index (χ1) is 12.5. The molecule has 2 unspecified atom stereocenters. The first-order valence-electron chi connectivity index (χ1n) is 8.78. The first-order valence-corrected chi connectivity index (χ1v) is 9.62. The number of carbonyl (C=O) groups is 1. The summed E-state index contributed by atoms with van der Waals surface area (Å²) in [6.07, 6.45) is -0.830. The van der Waals surface area contributed by atoms with Gasteiger partial charge in [0.15, 0.2) is 11.9 Å². The van der Waals surface area contributed by atoms with Gasteiger partial charge >= 0.3 is 5.97 Å². The van der Waals surface area contributed by atoms with Crippen LogP contribution in [0.2, 0.25) is 0 Å². The number of nitrogens with zero attached hydrogens (tertiary/aromatic N) is 4. The summed E-state index contributed by atoms with van der Waals surface area (Å²) in [7, 11) is 0. The lowest BCUT2D eigenvalue weighted by Crippen LogP contribution is -2.50. The van der Waals surface area contributed by atoms with Crippen LogP contribution in [0.25, 0.3) is 0 Å². The van der Waals surface area contributed by atoms with Gasteiger partial charge in [0.05, 0.1) is 6.54 Å². The molecule has 1 aromatic carbocycles. The van der Waals surface area contributed by atoms with E-state index in [1.165, 1.54) is 11.9 Å². The van der Waals surface area contributed by atoms with Crippen LogP contribution in [0.5, 0.6) is 0 Å². The van der Waals surface area contributed by atoms with E-state index < -0.39 is 17.9 Å². The Morgan fingerprint density at radius 2 is 1.69 bits per heavy atom. The fraction of sp³-hybridized carbons (Fsp3) is 0.588. The fourth-order valence-electron chi connectivity index (χ4n) is 3.24. The summed E-state index contributed by atoms with van der Waals surface area (Å²) in [6.45, 7) is 5.10. The Kier molecular flexibility index (Phi) is 6.87. The highest BCUT2D eigenvalue weighted by molar-refractivity contribution is 7.97. The Labute approximate surface area is 157 Å². The van der Waals surface area contributed by atoms with Crippen molar-refractivity contribution in [2.24, 2.45) is 0 Å². The van der Waals surface area contributed by atoms with Gasteiger partial charge in [-0.3, -0.25) is 14.6 Å². The van der Waals surface area contributed by atoms with E-state index in [2.05, 4.69) is 4.90 Å². The molecule has 0 bridgehead atoms. The molecule has 2 fully saturated rings. The summed E-state index contributed by atoms with van der Waals surface area (Å²) in [5, 5.41) is 29.6. The minimum atomic E-state index is -0.830. The third-order valence-corrected chi connectivity index (χ3v) is 5.84. The Morgan fingerprint density at radius 1 is 1.04 bits per heavy atom. The molecule has 0 radical (unpaired) electrons. The zero-order valence-electron chi connectivity index (χ0n) is 14.6. The summed E-state index contributed by atoms with van der Waals surface area (Å²) in [5.41, 5.74) is 0.278. The molecule has 2 aliphatic rings. The highest BCUT2D eigenvalue weighted by atomic mass is 32.2. The Morgan fingerprint density at radius 3 is 2.35 bits per heavy atom. The van der Waals surface area contributed by atoms with Crippen molar-refractivity contribution in [3.63, 3.8) is 0 Å². The van der Waals surface area contributed by atoms with Crippen LogP contribution in [-0.2, 0) is 11.3 Å². The fourth-order valence-corrected chi connectivity index (χ4v) is 4.20. The zero-order chi connectivity index (χ0) is 18.5. The van der Waals surface area contributed by atoms with Gasteiger partial charge in [-0.05, 0) is 17.5 Å². The average molecular weight is 382 g/mol. The quantitative estimate of drug-likeness (QED) is 0.550. The molecule has 0 amide bonds. The third kappa shape index (κ3) is 5.17. The highest BCUT2D eigenvalue weighted by Gasteiger charge is 2.38. The van der Waals surface area contributed by atoms with Crippen molar-refractivity contribution in [2.75, 3.05) is 45.8 Å². The Hall–Kier alpha value is -1.20. The number of aliphatic carboxylic acids is 1. The number of hydrogen-bond acceptors (Lipinski definition) is 8. The smallest absolute Gasteiger partial charge is 0.317 e. The lowest BCUT2D eigenvalue weighted by molar-refractivity contribution is -0.138. The maximum absolute atomic E-state index is 10.8. The normalized spacial score (nSPS) is 26.4. The molecule has 0 spiro atoms. The maximum Gasteiger partial charge on any atom is 0.317 e. The minimum Gasteiger partial charge on any atom is -0.480 e. The standard InChI is InChI=1S/C17H26N4O4S/c22-15(23)13-19-8-6-18(7-9-19)10-11-21-16(24)20(17(25)26-21)12-14-4-2-1-3-5-14/h1-5,16-17,24-25H,6-13H2,(H,22,23). The number of carboxylic acids is 1. The molecule has 2 aliphatic heterocycles. The SMILES string of the molecule is O=C(O)CN1CCN(CCN2SC(O)N(Cc3ccccc3)C2O)CC1. The summed E-state index contributed by atoms with van der Waals surface area (Å²) in [5.74, 6) is -0.789. The van der Waals surface area contributed by atoms with Crippen molar-refractivity contribution in [3.05, 3.63) is 35.9 Å². The van der Waals surface area contributed by atoms with E-state index in [1.54, 1.807) is 9.21 Å². The van der Waals surface area contributed by atoms with Crippen LogP contribution in [0.1, 0.15) is 5.56 Å². The molecule has 3 rings (SSSR count). The van der Waals surface area contributed by atoms with E-state index >= 15 is 0 Å². The summed E-state index contributed by atoms with van der Waals surface area (Å²) < 4.78 is 1.80. The number of aliphatic hydroxyl groups excluding tert-OH is 2. The van der Waals surface area contributed by atoms with Crippen LogP contribution in [-0.4, -0.2) is 98.0 Å².